The number of hydrogen-bond donors (Lipinski definition) is 0. The average molecular weight is 573 g/mol. The molecule has 0 saturated heterocycles. The summed E-state index contributed by atoms with van der Waals surface area (Å²) < 4.78 is 13.4. The van der Waals surface area contributed by atoms with E-state index in [1.807, 2.05) is 53.9 Å². The highest BCUT2D eigenvalue weighted by molar-refractivity contribution is 7.99. The second-order valence-corrected chi connectivity index (χ2v) is 11.2. The van der Waals surface area contributed by atoms with Crippen molar-refractivity contribution in [1.29, 1.82) is 0 Å². The first kappa shape index (κ1) is 25.2. The van der Waals surface area contributed by atoms with E-state index in [1.165, 1.54) is 34.4 Å². The van der Waals surface area contributed by atoms with Gasteiger partial charge < -0.3 is 9.15 Å². The smallest absolute Gasteiger partial charge is 0.338 e. The Morgan fingerprint density at radius 3 is 2.67 bits per heavy atom. The predicted molar refractivity (Wildman–Crippen MR) is 150 cm³/mol. The number of ether oxygens (including phenoxy) is 1. The van der Waals surface area contributed by atoms with Crippen molar-refractivity contribution in [2.45, 2.75) is 23.2 Å². The molecule has 0 N–H and O–H groups in total. The molecule has 8 nitrogen and oxygen atoms in total. The van der Waals surface area contributed by atoms with Gasteiger partial charge in [0.2, 0.25) is 0 Å². The lowest BCUT2D eigenvalue weighted by Gasteiger charge is -2.24. The topological polar surface area (TPSA) is 99.6 Å². The summed E-state index contributed by atoms with van der Waals surface area (Å²) in [5, 5.41) is 3.09. The molecule has 0 radical (unpaired) electrons. The van der Waals surface area contributed by atoms with E-state index < -0.39 is 12.0 Å². The monoisotopic (exact) mass is 572 g/mol. The molecule has 1 aromatic carbocycles. The highest BCUT2D eigenvalue weighted by Gasteiger charge is 2.35. The highest BCUT2D eigenvalue weighted by Crippen LogP contribution is 2.36. The van der Waals surface area contributed by atoms with E-state index in [0.717, 1.165) is 10.4 Å². The lowest BCUT2D eigenvalue weighted by Crippen LogP contribution is -2.39. The van der Waals surface area contributed by atoms with Gasteiger partial charge in [-0.25, -0.2) is 19.8 Å². The fourth-order valence-corrected chi connectivity index (χ4v) is 6.67. The molecule has 0 amide bonds. The number of benzene rings is 1. The molecular weight excluding hydrogens is 553 g/mol. The molecule has 0 saturated carbocycles. The number of carbonyl (C=O) groups is 1. The van der Waals surface area contributed by atoms with Crippen molar-refractivity contribution in [3.63, 3.8) is 0 Å². The van der Waals surface area contributed by atoms with Gasteiger partial charge in [-0.05, 0) is 48.3 Å². The summed E-state index contributed by atoms with van der Waals surface area (Å²) in [6.07, 6.45) is 5.03. The van der Waals surface area contributed by atoms with Gasteiger partial charge in [-0.15, -0.1) is 11.3 Å². The lowest BCUT2D eigenvalue weighted by atomic mass is 9.97. The summed E-state index contributed by atoms with van der Waals surface area (Å²) in [4.78, 5) is 41.8. The van der Waals surface area contributed by atoms with Gasteiger partial charge in [-0.3, -0.25) is 9.36 Å². The number of thiophene rings is 1. The van der Waals surface area contributed by atoms with Gasteiger partial charge in [0.05, 0.1) is 22.4 Å². The number of thiazole rings is 1. The van der Waals surface area contributed by atoms with Crippen LogP contribution in [0.1, 0.15) is 29.2 Å². The molecule has 0 fully saturated rings. The number of hydrogen-bond acceptors (Lipinski definition) is 10. The first-order valence-electron chi connectivity index (χ1n) is 12.0. The van der Waals surface area contributed by atoms with Gasteiger partial charge in [0.15, 0.2) is 15.1 Å². The van der Waals surface area contributed by atoms with Gasteiger partial charge in [0.25, 0.3) is 5.56 Å². The molecule has 11 heteroatoms. The number of aromatic nitrogens is 3. The van der Waals surface area contributed by atoms with Gasteiger partial charge in [-0.2, -0.15) is 0 Å². The average Bonchev–Trinajstić information content (AvgIpc) is 3.71. The van der Waals surface area contributed by atoms with Crippen LogP contribution >= 0.6 is 34.4 Å². The van der Waals surface area contributed by atoms with E-state index in [-0.39, 0.29) is 12.2 Å². The van der Waals surface area contributed by atoms with Crippen molar-refractivity contribution in [3.05, 3.63) is 120 Å². The fourth-order valence-electron chi connectivity index (χ4n) is 4.18. The van der Waals surface area contributed by atoms with Gasteiger partial charge in [0, 0.05) is 28.9 Å². The van der Waals surface area contributed by atoms with Gasteiger partial charge >= 0.3 is 5.97 Å². The molecular formula is C28H20N4O4S3. The molecule has 5 heterocycles. The summed E-state index contributed by atoms with van der Waals surface area (Å²) in [6.45, 7) is 1.97. The fraction of sp³-hybridized carbons (Fsp3) is 0.107. The second kappa shape index (κ2) is 11.0. The quantitative estimate of drug-likeness (QED) is 0.209. The summed E-state index contributed by atoms with van der Waals surface area (Å²) in [5.41, 5.74) is 1.35. The van der Waals surface area contributed by atoms with Crippen LogP contribution in [0.15, 0.2) is 108 Å². The Morgan fingerprint density at radius 1 is 1.10 bits per heavy atom. The number of esters is 1. The Balaban J connectivity index is 1.50. The molecule has 0 bridgehead atoms. The molecule has 0 aliphatic carbocycles. The lowest BCUT2D eigenvalue weighted by molar-refractivity contribution is -0.138. The summed E-state index contributed by atoms with van der Waals surface area (Å²) in [6, 6.07) is 18.0. The van der Waals surface area contributed by atoms with Crippen molar-refractivity contribution in [2.24, 2.45) is 4.99 Å². The van der Waals surface area contributed by atoms with Crippen molar-refractivity contribution < 1.29 is 13.9 Å². The van der Waals surface area contributed by atoms with Crippen molar-refractivity contribution >= 4 is 52.2 Å². The van der Waals surface area contributed by atoms with Crippen molar-refractivity contribution in [3.8, 4) is 0 Å². The first-order valence-corrected chi connectivity index (χ1v) is 14.5. The van der Waals surface area contributed by atoms with E-state index in [4.69, 9.17) is 14.1 Å². The normalized spacial score (nSPS) is 15.2. The Labute approximate surface area is 234 Å². The zero-order valence-corrected chi connectivity index (χ0v) is 23.0. The standard InChI is InChI=1S/C28H20N4O4S3/c1-2-35-26(34)22-23(17-8-4-3-5-9-17)31-28-32(24(22)19-10-6-15-37-19)25(33)20(38-28)16-18-11-12-21(36-18)39-27-29-13-7-14-30-27/h3-16,24H,2H2,1H3/b20-16+/t24-/m1/s1. The molecule has 6 rings (SSSR count). The van der Waals surface area contributed by atoms with Gasteiger partial charge in [-0.1, -0.05) is 47.7 Å². The Bertz CT molecular complexity index is 1840. The minimum absolute atomic E-state index is 0.207. The Hall–Kier alpha value is -4.06. The maximum Gasteiger partial charge on any atom is 0.338 e. The number of fused-ring (bicyclic) bond motifs is 1. The van der Waals surface area contributed by atoms with Crippen LogP contribution in [-0.2, 0) is 9.53 Å². The molecule has 5 aromatic rings. The number of furan rings is 1. The summed E-state index contributed by atoms with van der Waals surface area (Å²) >= 11 is 4.02. The summed E-state index contributed by atoms with van der Waals surface area (Å²) in [7, 11) is 0. The van der Waals surface area contributed by atoms with E-state index >= 15 is 0 Å². The maximum atomic E-state index is 13.8. The Kier molecular flexibility index (Phi) is 7.10. The zero-order valence-electron chi connectivity index (χ0n) is 20.5. The molecule has 39 heavy (non-hydrogen) atoms. The number of carbonyl (C=O) groups excluding carboxylic acids is 1. The maximum absolute atomic E-state index is 13.8. The van der Waals surface area contributed by atoms with Crippen LogP contribution in [0, 0.1) is 0 Å². The Morgan fingerprint density at radius 2 is 1.92 bits per heavy atom. The third-order valence-corrected chi connectivity index (χ3v) is 8.52. The second-order valence-electron chi connectivity index (χ2n) is 8.24. The highest BCUT2D eigenvalue weighted by atomic mass is 32.2. The molecule has 1 aliphatic rings. The van der Waals surface area contributed by atoms with E-state index in [0.29, 0.717) is 36.6 Å². The molecule has 1 atom stereocenters. The number of rotatable bonds is 7. The molecule has 194 valence electrons. The van der Waals surface area contributed by atoms with E-state index in [1.54, 1.807) is 42.1 Å². The van der Waals surface area contributed by atoms with E-state index in [2.05, 4.69) is 9.97 Å². The van der Waals surface area contributed by atoms with Crippen molar-refractivity contribution in [2.75, 3.05) is 6.61 Å². The van der Waals surface area contributed by atoms with Crippen LogP contribution in [0.3, 0.4) is 0 Å². The molecule has 0 unspecified atom stereocenters. The predicted octanol–water partition coefficient (Wildman–Crippen LogP) is 4.53. The first-order chi connectivity index (χ1) is 19.1. The van der Waals surface area contributed by atoms with Gasteiger partial charge in [0.1, 0.15) is 11.8 Å². The van der Waals surface area contributed by atoms with Crippen LogP contribution in [-0.4, -0.2) is 27.1 Å². The van der Waals surface area contributed by atoms with Crippen LogP contribution in [0.2, 0.25) is 0 Å². The SMILES string of the molecule is CCOC(=O)C1=C(c2ccccc2)N=c2s/c(=C/c3ccc(Sc4ncccn4)o3)c(=O)n2[C@@H]1c1cccs1. The minimum atomic E-state index is -0.671. The largest absolute Gasteiger partial charge is 0.463 e. The van der Waals surface area contributed by atoms with E-state index in [9.17, 15) is 9.59 Å². The van der Waals surface area contributed by atoms with Crippen LogP contribution in [0.5, 0.6) is 0 Å². The third-order valence-electron chi connectivity index (χ3n) is 5.80. The third kappa shape index (κ3) is 5.03. The molecule has 1 aliphatic heterocycles. The van der Waals surface area contributed by atoms with Crippen LogP contribution in [0.4, 0.5) is 0 Å². The minimum Gasteiger partial charge on any atom is -0.463 e. The van der Waals surface area contributed by atoms with Crippen LogP contribution in [0.25, 0.3) is 11.8 Å². The molecule has 4 aromatic heterocycles. The zero-order chi connectivity index (χ0) is 26.8. The number of nitrogens with zero attached hydrogens (tertiary/aromatic N) is 4. The van der Waals surface area contributed by atoms with Crippen LogP contribution < -0.4 is 14.9 Å². The summed E-state index contributed by atoms with van der Waals surface area (Å²) in [5.74, 6) is 0.0166. The molecule has 0 spiro atoms. The van der Waals surface area contributed by atoms with Crippen molar-refractivity contribution in [1.82, 2.24) is 14.5 Å².